The van der Waals surface area contributed by atoms with Gasteiger partial charge in [0.2, 0.25) is 0 Å². The number of nitrogens with two attached hydrogens (primary N) is 1. The Morgan fingerprint density at radius 2 is 1.74 bits per heavy atom. The zero-order valence-electron chi connectivity index (χ0n) is 11.3. The maximum absolute atomic E-state index is 5.92. The van der Waals surface area contributed by atoms with Crippen molar-refractivity contribution in [2.45, 2.75) is 13.3 Å². The number of aromatic nitrogens is 2. The lowest BCUT2D eigenvalue weighted by Crippen LogP contribution is -2.03. The monoisotopic (exact) mass is 259 g/mol. The maximum Gasteiger partial charge on any atom is 0.132 e. The Morgan fingerprint density at radius 1 is 1.11 bits per heavy atom. The number of hydrogen-bond acceptors (Lipinski definition) is 5. The van der Waals surface area contributed by atoms with Crippen molar-refractivity contribution in [3.63, 3.8) is 0 Å². The van der Waals surface area contributed by atoms with Crippen LogP contribution in [0.15, 0.2) is 24.5 Å². The molecule has 0 aliphatic rings. The molecule has 5 heteroatoms. The van der Waals surface area contributed by atoms with Gasteiger partial charge in [-0.1, -0.05) is 13.0 Å². The van der Waals surface area contributed by atoms with Crippen LogP contribution in [0.2, 0.25) is 0 Å². The van der Waals surface area contributed by atoms with E-state index in [2.05, 4.69) is 9.97 Å². The molecule has 2 rings (SSSR count). The summed E-state index contributed by atoms with van der Waals surface area (Å²) in [5.74, 6) is 1.89. The van der Waals surface area contributed by atoms with Crippen molar-refractivity contribution in [2.75, 3.05) is 20.0 Å². The lowest BCUT2D eigenvalue weighted by Gasteiger charge is -2.15. The average molecular weight is 259 g/mol. The van der Waals surface area contributed by atoms with E-state index in [4.69, 9.17) is 15.2 Å². The molecule has 0 amide bonds. The molecule has 0 atom stereocenters. The molecule has 0 saturated carbocycles. The molecular weight excluding hydrogens is 242 g/mol. The van der Waals surface area contributed by atoms with Crippen LogP contribution >= 0.6 is 0 Å². The molecule has 0 bridgehead atoms. The highest BCUT2D eigenvalue weighted by molar-refractivity contribution is 5.78. The first-order valence-electron chi connectivity index (χ1n) is 6.03. The molecule has 1 heterocycles. The first-order valence-corrected chi connectivity index (χ1v) is 6.03. The minimum atomic E-state index is 0.487. The fourth-order valence-electron chi connectivity index (χ4n) is 2.07. The first kappa shape index (κ1) is 13.1. The van der Waals surface area contributed by atoms with Gasteiger partial charge < -0.3 is 15.2 Å². The van der Waals surface area contributed by atoms with Crippen LogP contribution in [0.5, 0.6) is 11.5 Å². The minimum absolute atomic E-state index is 0.487. The van der Waals surface area contributed by atoms with Crippen LogP contribution < -0.4 is 15.2 Å². The van der Waals surface area contributed by atoms with Gasteiger partial charge in [0.25, 0.3) is 0 Å². The highest BCUT2D eigenvalue weighted by Gasteiger charge is 2.18. The van der Waals surface area contributed by atoms with Crippen molar-refractivity contribution >= 4 is 5.82 Å². The number of anilines is 1. The van der Waals surface area contributed by atoms with Crippen molar-refractivity contribution in [1.29, 1.82) is 0 Å². The quantitative estimate of drug-likeness (QED) is 0.912. The molecule has 100 valence electrons. The molecule has 2 N–H and O–H groups in total. The van der Waals surface area contributed by atoms with Gasteiger partial charge in [-0.15, -0.1) is 0 Å². The molecule has 2 aromatic rings. The van der Waals surface area contributed by atoms with Crippen LogP contribution in [0.25, 0.3) is 11.3 Å². The number of benzene rings is 1. The summed E-state index contributed by atoms with van der Waals surface area (Å²) in [7, 11) is 3.24. The van der Waals surface area contributed by atoms with E-state index in [1.807, 2.05) is 25.1 Å². The smallest absolute Gasteiger partial charge is 0.132 e. The Labute approximate surface area is 112 Å². The molecule has 5 nitrogen and oxygen atoms in total. The summed E-state index contributed by atoms with van der Waals surface area (Å²) in [6, 6.07) is 5.61. The largest absolute Gasteiger partial charge is 0.496 e. The fraction of sp³-hybridized carbons (Fsp3) is 0.286. The van der Waals surface area contributed by atoms with Crippen LogP contribution in [-0.2, 0) is 6.42 Å². The zero-order valence-corrected chi connectivity index (χ0v) is 11.3. The Balaban J connectivity index is 2.74. The van der Waals surface area contributed by atoms with Crippen molar-refractivity contribution in [1.82, 2.24) is 9.97 Å². The minimum Gasteiger partial charge on any atom is -0.496 e. The predicted molar refractivity (Wildman–Crippen MR) is 74.4 cm³/mol. The lowest BCUT2D eigenvalue weighted by molar-refractivity contribution is 0.397. The Morgan fingerprint density at radius 3 is 2.26 bits per heavy atom. The lowest BCUT2D eigenvalue weighted by atomic mass is 10.0. The summed E-state index contributed by atoms with van der Waals surface area (Å²) in [4.78, 5) is 8.38. The molecule has 0 spiro atoms. The number of methoxy groups -OCH3 is 2. The van der Waals surface area contributed by atoms with Crippen molar-refractivity contribution in [2.24, 2.45) is 0 Å². The molecule has 0 aliphatic heterocycles. The van der Waals surface area contributed by atoms with Gasteiger partial charge in [0.1, 0.15) is 23.6 Å². The average Bonchev–Trinajstić information content (AvgIpc) is 2.46. The number of ether oxygens (including phenoxy) is 2. The van der Waals surface area contributed by atoms with Gasteiger partial charge in [-0.3, -0.25) is 0 Å². The van der Waals surface area contributed by atoms with Crippen LogP contribution in [0.1, 0.15) is 12.5 Å². The number of hydrogen-bond donors (Lipinski definition) is 1. The molecule has 0 unspecified atom stereocenters. The fourth-order valence-corrected chi connectivity index (χ4v) is 2.07. The summed E-state index contributed by atoms with van der Waals surface area (Å²) >= 11 is 0. The second-order valence-corrected chi connectivity index (χ2v) is 3.98. The second kappa shape index (κ2) is 5.56. The van der Waals surface area contributed by atoms with E-state index in [1.54, 1.807) is 14.2 Å². The normalized spacial score (nSPS) is 10.3. The molecule has 0 saturated heterocycles. The molecular formula is C14H17N3O2. The predicted octanol–water partition coefficient (Wildman–Crippen LogP) is 2.31. The third-order valence-corrected chi connectivity index (χ3v) is 3.00. The Kier molecular flexibility index (Phi) is 3.85. The van der Waals surface area contributed by atoms with Crippen LogP contribution in [0, 0.1) is 0 Å². The van der Waals surface area contributed by atoms with E-state index in [0.29, 0.717) is 17.3 Å². The molecule has 0 radical (unpaired) electrons. The molecule has 0 fully saturated rings. The van der Waals surface area contributed by atoms with Crippen molar-refractivity contribution in [3.05, 3.63) is 30.1 Å². The van der Waals surface area contributed by atoms with E-state index in [0.717, 1.165) is 23.2 Å². The summed E-state index contributed by atoms with van der Waals surface area (Å²) in [6.07, 6.45) is 2.19. The maximum atomic E-state index is 5.92. The summed E-state index contributed by atoms with van der Waals surface area (Å²) in [5.41, 5.74) is 8.37. The number of nitrogen functional groups attached to an aromatic ring is 1. The van der Waals surface area contributed by atoms with E-state index in [1.165, 1.54) is 6.33 Å². The van der Waals surface area contributed by atoms with Gasteiger partial charge in [0.05, 0.1) is 25.5 Å². The highest BCUT2D eigenvalue weighted by Crippen LogP contribution is 2.39. The topological polar surface area (TPSA) is 70.3 Å². The molecule has 1 aromatic carbocycles. The zero-order chi connectivity index (χ0) is 13.8. The summed E-state index contributed by atoms with van der Waals surface area (Å²) in [6.45, 7) is 2.01. The van der Waals surface area contributed by atoms with Crippen LogP contribution in [0.4, 0.5) is 5.82 Å². The molecule has 0 aliphatic carbocycles. The second-order valence-electron chi connectivity index (χ2n) is 3.98. The third-order valence-electron chi connectivity index (χ3n) is 3.00. The Hall–Kier alpha value is -2.30. The molecule has 19 heavy (non-hydrogen) atoms. The van der Waals surface area contributed by atoms with Crippen LogP contribution in [-0.4, -0.2) is 24.2 Å². The molecule has 1 aromatic heterocycles. The number of rotatable bonds is 4. The van der Waals surface area contributed by atoms with E-state index >= 15 is 0 Å². The van der Waals surface area contributed by atoms with Gasteiger partial charge in [-0.05, 0) is 18.6 Å². The van der Waals surface area contributed by atoms with Crippen molar-refractivity contribution in [3.8, 4) is 22.8 Å². The summed E-state index contributed by atoms with van der Waals surface area (Å²) in [5, 5.41) is 0. The van der Waals surface area contributed by atoms with Gasteiger partial charge in [-0.2, -0.15) is 0 Å². The first-order chi connectivity index (χ1) is 9.22. The van der Waals surface area contributed by atoms with E-state index < -0.39 is 0 Å². The van der Waals surface area contributed by atoms with Gasteiger partial charge in [0.15, 0.2) is 0 Å². The SMILES string of the molecule is CCc1c(N)ncnc1-c1c(OC)cccc1OC. The Bertz CT molecular complexity index is 563. The highest BCUT2D eigenvalue weighted by atomic mass is 16.5. The van der Waals surface area contributed by atoms with Gasteiger partial charge >= 0.3 is 0 Å². The van der Waals surface area contributed by atoms with Crippen LogP contribution in [0.3, 0.4) is 0 Å². The standard InChI is InChI=1S/C14H17N3O2/c1-4-9-13(16-8-17-14(9)15)12-10(18-2)6-5-7-11(12)19-3/h5-8H,4H2,1-3H3,(H2,15,16,17). The van der Waals surface area contributed by atoms with Gasteiger partial charge in [-0.25, -0.2) is 9.97 Å². The van der Waals surface area contributed by atoms with Gasteiger partial charge in [0, 0.05) is 5.56 Å². The third kappa shape index (κ3) is 2.31. The van der Waals surface area contributed by atoms with Crippen molar-refractivity contribution < 1.29 is 9.47 Å². The number of nitrogens with zero attached hydrogens (tertiary/aromatic N) is 2. The van der Waals surface area contributed by atoms with E-state index in [9.17, 15) is 0 Å². The van der Waals surface area contributed by atoms with E-state index in [-0.39, 0.29) is 0 Å². The summed E-state index contributed by atoms with van der Waals surface area (Å²) < 4.78 is 10.8.